The van der Waals surface area contributed by atoms with E-state index in [1.54, 1.807) is 28.9 Å². The van der Waals surface area contributed by atoms with Crippen LogP contribution in [0.2, 0.25) is 5.02 Å². The first-order chi connectivity index (χ1) is 12.4. The van der Waals surface area contributed by atoms with Gasteiger partial charge in [0.25, 0.3) is 5.91 Å². The molecule has 0 saturated carbocycles. The molecule has 0 aliphatic heterocycles. The van der Waals surface area contributed by atoms with E-state index in [2.05, 4.69) is 10.00 Å². The highest BCUT2D eigenvalue weighted by Crippen LogP contribution is 2.36. The lowest BCUT2D eigenvalue weighted by Gasteiger charge is -2.21. The van der Waals surface area contributed by atoms with E-state index in [9.17, 15) is 4.79 Å². The van der Waals surface area contributed by atoms with Crippen LogP contribution >= 0.6 is 22.9 Å². The fourth-order valence-corrected chi connectivity index (χ4v) is 4.10. The van der Waals surface area contributed by atoms with E-state index in [0.717, 1.165) is 28.7 Å². The van der Waals surface area contributed by atoms with Crippen LogP contribution in [0.5, 0.6) is 0 Å². The first-order valence-corrected chi connectivity index (χ1v) is 9.58. The highest BCUT2D eigenvalue weighted by molar-refractivity contribution is 7.23. The first-order valence-electron chi connectivity index (χ1n) is 8.38. The predicted octanol–water partition coefficient (Wildman–Crippen LogP) is 3.59. The number of rotatable bonds is 6. The SMILES string of the molecule is Cc1ccc(Cl)c2sc(N(CCCN(C)C)C(=O)c3ccnn3C)nc12. The number of thiazole rings is 1. The monoisotopic (exact) mass is 391 g/mol. The summed E-state index contributed by atoms with van der Waals surface area (Å²) in [6.45, 7) is 3.47. The van der Waals surface area contributed by atoms with Crippen molar-refractivity contribution in [2.45, 2.75) is 13.3 Å². The molecule has 0 saturated heterocycles. The molecular weight excluding hydrogens is 370 g/mol. The second-order valence-corrected chi connectivity index (χ2v) is 7.88. The second-order valence-electron chi connectivity index (χ2n) is 6.49. The Morgan fingerprint density at radius 1 is 1.27 bits per heavy atom. The third kappa shape index (κ3) is 3.75. The predicted molar refractivity (Wildman–Crippen MR) is 107 cm³/mol. The molecule has 0 aliphatic rings. The molecule has 0 N–H and O–H groups in total. The Balaban J connectivity index is 2.00. The molecule has 26 heavy (non-hydrogen) atoms. The Kier molecular flexibility index (Phi) is 5.60. The first kappa shape index (κ1) is 18.8. The van der Waals surface area contributed by atoms with Crippen molar-refractivity contribution in [1.29, 1.82) is 0 Å². The zero-order valence-corrected chi connectivity index (χ0v) is 16.9. The fourth-order valence-electron chi connectivity index (χ4n) is 2.76. The second kappa shape index (κ2) is 7.73. The highest BCUT2D eigenvalue weighted by atomic mass is 35.5. The number of hydrogen-bond donors (Lipinski definition) is 0. The van der Waals surface area contributed by atoms with Crippen molar-refractivity contribution in [3.63, 3.8) is 0 Å². The zero-order chi connectivity index (χ0) is 18.8. The molecule has 1 amide bonds. The lowest BCUT2D eigenvalue weighted by molar-refractivity contribution is 0.0977. The summed E-state index contributed by atoms with van der Waals surface area (Å²) in [6, 6.07) is 5.56. The number of carbonyl (C=O) groups excluding carboxylic acids is 1. The van der Waals surface area contributed by atoms with E-state index in [1.807, 2.05) is 33.2 Å². The van der Waals surface area contributed by atoms with E-state index in [4.69, 9.17) is 16.6 Å². The molecule has 0 aliphatic carbocycles. The van der Waals surface area contributed by atoms with Crippen LogP contribution in [-0.2, 0) is 7.05 Å². The molecule has 0 radical (unpaired) electrons. The Labute approximate surface area is 162 Å². The third-order valence-electron chi connectivity index (χ3n) is 4.19. The van der Waals surface area contributed by atoms with Gasteiger partial charge in [-0.25, -0.2) is 4.98 Å². The van der Waals surface area contributed by atoms with E-state index in [0.29, 0.717) is 22.4 Å². The summed E-state index contributed by atoms with van der Waals surface area (Å²) in [5.41, 5.74) is 2.44. The fraction of sp³-hybridized carbons (Fsp3) is 0.389. The van der Waals surface area contributed by atoms with Gasteiger partial charge in [-0.2, -0.15) is 5.10 Å². The van der Waals surface area contributed by atoms with Crippen molar-refractivity contribution in [3.8, 4) is 0 Å². The Bertz CT molecular complexity index is 894. The van der Waals surface area contributed by atoms with Crippen molar-refractivity contribution in [2.24, 2.45) is 7.05 Å². The number of aromatic nitrogens is 3. The van der Waals surface area contributed by atoms with Crippen LogP contribution in [-0.4, -0.2) is 52.8 Å². The number of anilines is 1. The van der Waals surface area contributed by atoms with Crippen LogP contribution in [0.15, 0.2) is 24.4 Å². The van der Waals surface area contributed by atoms with Gasteiger partial charge < -0.3 is 4.90 Å². The molecule has 6 nitrogen and oxygen atoms in total. The quantitative estimate of drug-likeness (QED) is 0.644. The number of amides is 1. The summed E-state index contributed by atoms with van der Waals surface area (Å²) in [5.74, 6) is -0.100. The average Bonchev–Trinajstić information content (AvgIpc) is 3.21. The van der Waals surface area contributed by atoms with Crippen LogP contribution in [0.4, 0.5) is 5.13 Å². The van der Waals surface area contributed by atoms with Crippen LogP contribution in [0, 0.1) is 6.92 Å². The van der Waals surface area contributed by atoms with E-state index in [-0.39, 0.29) is 5.91 Å². The molecule has 0 unspecified atom stereocenters. The van der Waals surface area contributed by atoms with Gasteiger partial charge >= 0.3 is 0 Å². The highest BCUT2D eigenvalue weighted by Gasteiger charge is 2.24. The van der Waals surface area contributed by atoms with Gasteiger partial charge in [0.15, 0.2) is 5.13 Å². The molecule has 8 heteroatoms. The topological polar surface area (TPSA) is 54.3 Å². The molecule has 2 aromatic heterocycles. The lowest BCUT2D eigenvalue weighted by atomic mass is 10.2. The lowest BCUT2D eigenvalue weighted by Crippen LogP contribution is -2.34. The molecule has 3 aromatic rings. The maximum atomic E-state index is 13.1. The molecule has 0 atom stereocenters. The number of hydrogen-bond acceptors (Lipinski definition) is 5. The van der Waals surface area contributed by atoms with Gasteiger partial charge in [0.2, 0.25) is 0 Å². The molecule has 0 spiro atoms. The molecule has 138 valence electrons. The van der Waals surface area contributed by atoms with Gasteiger partial charge in [-0.15, -0.1) is 0 Å². The smallest absolute Gasteiger partial charge is 0.278 e. The molecule has 2 heterocycles. The third-order valence-corrected chi connectivity index (χ3v) is 5.73. The minimum atomic E-state index is -0.100. The average molecular weight is 392 g/mol. The van der Waals surface area contributed by atoms with Crippen molar-refractivity contribution < 1.29 is 4.79 Å². The van der Waals surface area contributed by atoms with Gasteiger partial charge in [-0.05, 0) is 51.7 Å². The maximum absolute atomic E-state index is 13.1. The van der Waals surface area contributed by atoms with Gasteiger partial charge in [0, 0.05) is 19.8 Å². The minimum absolute atomic E-state index is 0.100. The van der Waals surface area contributed by atoms with Crippen molar-refractivity contribution in [1.82, 2.24) is 19.7 Å². The Morgan fingerprint density at radius 2 is 2.04 bits per heavy atom. The van der Waals surface area contributed by atoms with Gasteiger partial charge in [-0.1, -0.05) is 29.0 Å². The largest absolute Gasteiger partial charge is 0.309 e. The van der Waals surface area contributed by atoms with E-state index in [1.165, 1.54) is 11.3 Å². The summed E-state index contributed by atoms with van der Waals surface area (Å²) in [7, 11) is 5.81. The number of carbonyl (C=O) groups is 1. The van der Waals surface area contributed by atoms with E-state index < -0.39 is 0 Å². The Morgan fingerprint density at radius 3 is 2.65 bits per heavy atom. The van der Waals surface area contributed by atoms with Crippen LogP contribution in [0.1, 0.15) is 22.5 Å². The summed E-state index contributed by atoms with van der Waals surface area (Å²) in [5, 5.41) is 5.45. The maximum Gasteiger partial charge on any atom is 0.278 e. The van der Waals surface area contributed by atoms with Gasteiger partial charge in [0.05, 0.1) is 15.2 Å². The Hall–Kier alpha value is -1.96. The van der Waals surface area contributed by atoms with Crippen molar-refractivity contribution >= 4 is 44.2 Å². The van der Waals surface area contributed by atoms with Gasteiger partial charge in [-0.3, -0.25) is 14.4 Å². The van der Waals surface area contributed by atoms with Crippen molar-refractivity contribution in [2.75, 3.05) is 32.1 Å². The summed E-state index contributed by atoms with van der Waals surface area (Å²) >= 11 is 7.80. The molecular formula is C18H22ClN5OS. The summed E-state index contributed by atoms with van der Waals surface area (Å²) in [4.78, 5) is 21.7. The molecule has 0 bridgehead atoms. The standard InChI is InChI=1S/C18H22ClN5OS/c1-12-6-7-13(19)16-15(12)21-18(26-16)24(11-5-10-22(2)3)17(25)14-8-9-20-23(14)4/h6-9H,5,10-11H2,1-4H3. The zero-order valence-electron chi connectivity index (χ0n) is 15.4. The number of nitrogens with zero attached hydrogens (tertiary/aromatic N) is 5. The molecule has 3 rings (SSSR count). The normalized spacial score (nSPS) is 11.5. The van der Waals surface area contributed by atoms with E-state index >= 15 is 0 Å². The van der Waals surface area contributed by atoms with Crippen molar-refractivity contribution in [3.05, 3.63) is 40.7 Å². The number of halogens is 1. The summed E-state index contributed by atoms with van der Waals surface area (Å²) in [6.07, 6.45) is 2.48. The molecule has 1 aromatic carbocycles. The van der Waals surface area contributed by atoms with Crippen LogP contribution in [0.3, 0.4) is 0 Å². The minimum Gasteiger partial charge on any atom is -0.309 e. The van der Waals surface area contributed by atoms with Crippen LogP contribution < -0.4 is 4.90 Å². The van der Waals surface area contributed by atoms with Crippen LogP contribution in [0.25, 0.3) is 10.2 Å². The summed E-state index contributed by atoms with van der Waals surface area (Å²) < 4.78 is 2.50. The van der Waals surface area contributed by atoms with Gasteiger partial charge in [0.1, 0.15) is 5.69 Å². The number of benzene rings is 1. The number of fused-ring (bicyclic) bond motifs is 1. The molecule has 0 fully saturated rings. The number of aryl methyl sites for hydroxylation is 2.